The second kappa shape index (κ2) is 8.43. The SMILES string of the molecule is O=C(CCCc1c[nH]c2ccccc12)N1CCC(Cc2ccccc2)CC1. The first-order chi connectivity index (χ1) is 13.3. The Hall–Kier alpha value is -2.55. The predicted molar refractivity (Wildman–Crippen MR) is 111 cm³/mol. The van der Waals surface area contributed by atoms with Crippen molar-refractivity contribution in [3.63, 3.8) is 0 Å². The van der Waals surface area contributed by atoms with E-state index >= 15 is 0 Å². The fourth-order valence-corrected chi connectivity index (χ4v) is 4.26. The summed E-state index contributed by atoms with van der Waals surface area (Å²) in [6.45, 7) is 1.84. The number of nitrogens with zero attached hydrogens (tertiary/aromatic N) is 1. The molecule has 1 saturated heterocycles. The van der Waals surface area contributed by atoms with Crippen molar-refractivity contribution in [1.29, 1.82) is 0 Å². The third kappa shape index (κ3) is 4.41. The molecular weight excluding hydrogens is 332 g/mol. The number of aromatic nitrogens is 1. The van der Waals surface area contributed by atoms with Crippen LogP contribution < -0.4 is 0 Å². The van der Waals surface area contributed by atoms with Gasteiger partial charge >= 0.3 is 0 Å². The van der Waals surface area contributed by atoms with Crippen molar-refractivity contribution >= 4 is 16.8 Å². The van der Waals surface area contributed by atoms with Crippen LogP contribution in [0.15, 0.2) is 60.8 Å². The molecule has 0 radical (unpaired) electrons. The average molecular weight is 361 g/mol. The summed E-state index contributed by atoms with van der Waals surface area (Å²) in [5.74, 6) is 1.04. The molecule has 27 heavy (non-hydrogen) atoms. The van der Waals surface area contributed by atoms with E-state index < -0.39 is 0 Å². The Morgan fingerprint density at radius 2 is 1.74 bits per heavy atom. The van der Waals surface area contributed by atoms with Crippen molar-refractivity contribution in [1.82, 2.24) is 9.88 Å². The number of nitrogens with one attached hydrogen (secondary N) is 1. The Bertz CT molecular complexity index is 876. The third-order valence-electron chi connectivity index (χ3n) is 5.85. The predicted octanol–water partition coefficient (Wildman–Crippen LogP) is 4.97. The summed E-state index contributed by atoms with van der Waals surface area (Å²) < 4.78 is 0. The summed E-state index contributed by atoms with van der Waals surface area (Å²) in [7, 11) is 0. The maximum absolute atomic E-state index is 12.6. The van der Waals surface area contributed by atoms with Gasteiger partial charge in [0, 0.05) is 36.6 Å². The number of likely N-dealkylation sites (tertiary alicyclic amines) is 1. The average Bonchev–Trinajstić information content (AvgIpc) is 3.12. The number of carbonyl (C=O) groups is 1. The lowest BCUT2D eigenvalue weighted by molar-refractivity contribution is -0.132. The number of hydrogen-bond donors (Lipinski definition) is 1. The fourth-order valence-electron chi connectivity index (χ4n) is 4.26. The highest BCUT2D eigenvalue weighted by Crippen LogP contribution is 2.23. The molecule has 0 atom stereocenters. The number of aryl methyl sites for hydroxylation is 1. The molecule has 140 valence electrons. The zero-order valence-electron chi connectivity index (χ0n) is 15.9. The number of para-hydroxylation sites is 1. The molecule has 2 aromatic carbocycles. The van der Waals surface area contributed by atoms with E-state index in [0.29, 0.717) is 18.2 Å². The van der Waals surface area contributed by atoms with Crippen LogP contribution in [0.1, 0.15) is 36.8 Å². The van der Waals surface area contributed by atoms with Gasteiger partial charge in [0.2, 0.25) is 5.91 Å². The van der Waals surface area contributed by atoms with E-state index in [0.717, 1.165) is 45.2 Å². The van der Waals surface area contributed by atoms with Crippen LogP contribution in [0.25, 0.3) is 10.9 Å². The highest BCUT2D eigenvalue weighted by atomic mass is 16.2. The monoisotopic (exact) mass is 360 g/mol. The van der Waals surface area contributed by atoms with E-state index in [9.17, 15) is 4.79 Å². The number of rotatable bonds is 6. The molecular formula is C24H28N2O. The first kappa shape index (κ1) is 17.8. The minimum absolute atomic E-state index is 0.327. The quantitative estimate of drug-likeness (QED) is 0.662. The number of amides is 1. The van der Waals surface area contributed by atoms with Gasteiger partial charge in [0.05, 0.1) is 0 Å². The van der Waals surface area contributed by atoms with Crippen molar-refractivity contribution < 1.29 is 4.79 Å². The Morgan fingerprint density at radius 3 is 2.56 bits per heavy atom. The number of carbonyl (C=O) groups excluding carboxylic acids is 1. The second-order valence-corrected chi connectivity index (χ2v) is 7.73. The largest absolute Gasteiger partial charge is 0.361 e. The van der Waals surface area contributed by atoms with Crippen LogP contribution >= 0.6 is 0 Å². The first-order valence-corrected chi connectivity index (χ1v) is 10.2. The second-order valence-electron chi connectivity index (χ2n) is 7.73. The number of aromatic amines is 1. The minimum atomic E-state index is 0.327. The topological polar surface area (TPSA) is 36.1 Å². The highest BCUT2D eigenvalue weighted by Gasteiger charge is 2.22. The lowest BCUT2D eigenvalue weighted by Crippen LogP contribution is -2.38. The molecule has 2 heterocycles. The molecule has 0 bridgehead atoms. The number of piperidine rings is 1. The molecule has 1 amide bonds. The number of hydrogen-bond acceptors (Lipinski definition) is 1. The molecule has 4 rings (SSSR count). The lowest BCUT2D eigenvalue weighted by Gasteiger charge is -2.32. The van der Waals surface area contributed by atoms with Crippen LogP contribution in [-0.2, 0) is 17.6 Å². The van der Waals surface area contributed by atoms with E-state index in [-0.39, 0.29) is 0 Å². The normalized spacial score (nSPS) is 15.3. The Morgan fingerprint density at radius 1 is 1.00 bits per heavy atom. The molecule has 0 aliphatic carbocycles. The summed E-state index contributed by atoms with van der Waals surface area (Å²) >= 11 is 0. The van der Waals surface area contributed by atoms with Crippen molar-refractivity contribution in [2.45, 2.75) is 38.5 Å². The van der Waals surface area contributed by atoms with Gasteiger partial charge < -0.3 is 9.88 Å². The highest BCUT2D eigenvalue weighted by molar-refractivity contribution is 5.83. The van der Waals surface area contributed by atoms with Crippen LogP contribution in [0.2, 0.25) is 0 Å². The van der Waals surface area contributed by atoms with E-state index in [4.69, 9.17) is 0 Å². The molecule has 1 aliphatic heterocycles. The Balaban J connectivity index is 1.21. The smallest absolute Gasteiger partial charge is 0.222 e. The molecule has 0 saturated carbocycles. The van der Waals surface area contributed by atoms with Gasteiger partial charge in [0.15, 0.2) is 0 Å². The maximum atomic E-state index is 12.6. The van der Waals surface area contributed by atoms with Crippen LogP contribution in [0, 0.1) is 5.92 Å². The summed E-state index contributed by atoms with van der Waals surface area (Å²) in [4.78, 5) is 18.0. The Labute approximate surface area is 161 Å². The first-order valence-electron chi connectivity index (χ1n) is 10.2. The molecule has 0 spiro atoms. The summed E-state index contributed by atoms with van der Waals surface area (Å²) in [6, 6.07) is 19.1. The summed E-state index contributed by atoms with van der Waals surface area (Å²) in [5.41, 5.74) is 3.92. The molecule has 0 unspecified atom stereocenters. The number of fused-ring (bicyclic) bond motifs is 1. The molecule has 3 nitrogen and oxygen atoms in total. The van der Waals surface area contributed by atoms with E-state index in [1.54, 1.807) is 0 Å². The van der Waals surface area contributed by atoms with Gasteiger partial charge in [0.1, 0.15) is 0 Å². The van der Waals surface area contributed by atoms with Crippen molar-refractivity contribution in [2.75, 3.05) is 13.1 Å². The zero-order chi connectivity index (χ0) is 18.5. The Kier molecular flexibility index (Phi) is 5.57. The number of benzene rings is 2. The van der Waals surface area contributed by atoms with Crippen LogP contribution in [0.4, 0.5) is 0 Å². The number of H-pyrrole nitrogens is 1. The van der Waals surface area contributed by atoms with Crippen molar-refractivity contribution in [3.8, 4) is 0 Å². The zero-order valence-corrected chi connectivity index (χ0v) is 15.9. The molecule has 1 N–H and O–H groups in total. The summed E-state index contributed by atoms with van der Waals surface area (Å²) in [6.07, 6.45) is 8.02. The van der Waals surface area contributed by atoms with Crippen LogP contribution in [-0.4, -0.2) is 28.9 Å². The van der Waals surface area contributed by atoms with Gasteiger partial charge in [-0.15, -0.1) is 0 Å². The standard InChI is InChI=1S/C24H28N2O/c27-24(12-6-9-21-18-25-23-11-5-4-10-22(21)23)26-15-13-20(14-16-26)17-19-7-2-1-3-8-19/h1-5,7-8,10-11,18,20,25H,6,9,12-17H2. The van der Waals surface area contributed by atoms with Gasteiger partial charge in [0.25, 0.3) is 0 Å². The van der Waals surface area contributed by atoms with E-state index in [2.05, 4.69) is 64.6 Å². The van der Waals surface area contributed by atoms with Crippen LogP contribution in [0.3, 0.4) is 0 Å². The summed E-state index contributed by atoms with van der Waals surface area (Å²) in [5, 5.41) is 1.28. The molecule has 3 aromatic rings. The molecule has 3 heteroatoms. The van der Waals surface area contributed by atoms with Crippen molar-refractivity contribution in [3.05, 3.63) is 71.9 Å². The molecule has 1 fully saturated rings. The van der Waals surface area contributed by atoms with Crippen molar-refractivity contribution in [2.24, 2.45) is 5.92 Å². The van der Waals surface area contributed by atoms with Gasteiger partial charge in [-0.25, -0.2) is 0 Å². The molecule has 1 aromatic heterocycles. The maximum Gasteiger partial charge on any atom is 0.222 e. The van der Waals surface area contributed by atoms with E-state index in [1.807, 2.05) is 6.07 Å². The fraction of sp³-hybridized carbons (Fsp3) is 0.375. The van der Waals surface area contributed by atoms with E-state index in [1.165, 1.54) is 22.0 Å². The van der Waals surface area contributed by atoms with Crippen LogP contribution in [0.5, 0.6) is 0 Å². The van der Waals surface area contributed by atoms with Gasteiger partial charge in [-0.2, -0.15) is 0 Å². The third-order valence-corrected chi connectivity index (χ3v) is 5.85. The van der Waals surface area contributed by atoms with Gasteiger partial charge in [-0.1, -0.05) is 48.5 Å². The lowest BCUT2D eigenvalue weighted by atomic mass is 9.90. The van der Waals surface area contributed by atoms with Gasteiger partial charge in [-0.05, 0) is 55.2 Å². The van der Waals surface area contributed by atoms with Gasteiger partial charge in [-0.3, -0.25) is 4.79 Å². The minimum Gasteiger partial charge on any atom is -0.361 e. The molecule has 1 aliphatic rings.